The van der Waals surface area contributed by atoms with Gasteiger partial charge in [0.2, 0.25) is 21.8 Å². The molecule has 3 heterocycles. The molecule has 3 atom stereocenters. The maximum absolute atomic E-state index is 12.9. The fraction of sp³-hybridized carbons (Fsp3) is 0.600. The molecular formula is C25H31N3O7S2. The number of fused-ring (bicyclic) bond motifs is 2. The zero-order valence-electron chi connectivity index (χ0n) is 20.9. The van der Waals surface area contributed by atoms with E-state index < -0.39 is 19.9 Å². The third-order valence-corrected chi connectivity index (χ3v) is 12.5. The fourth-order valence-corrected chi connectivity index (χ4v) is 9.48. The van der Waals surface area contributed by atoms with E-state index in [9.17, 15) is 16.8 Å². The molecule has 2 bridgehead atoms. The first-order valence-corrected chi connectivity index (χ1v) is 15.8. The second-order valence-electron chi connectivity index (χ2n) is 10.4. The Labute approximate surface area is 217 Å². The quantitative estimate of drug-likeness (QED) is 0.463. The standard InChI is InChI=1S/C25H31N3O7S2/c1-15-24(34-18-11-16-3-4-17(12-18)28(16)37(31,32)20-7-8-20)26-14-27-25(15)35-22-10-9-21(13-23(22)33-2)36(29,30)19-5-6-19/h9-10,13-14,16-20H,3-8,11-12H2,1-2H3/t16-,17?,18?/m0/s1. The second-order valence-corrected chi connectivity index (χ2v) is 14.8. The molecule has 4 fully saturated rings. The minimum absolute atomic E-state index is 0.0260. The van der Waals surface area contributed by atoms with Gasteiger partial charge in [0.05, 0.1) is 28.1 Å². The van der Waals surface area contributed by atoms with Crippen LogP contribution in [0.4, 0.5) is 0 Å². The van der Waals surface area contributed by atoms with E-state index in [0.717, 1.165) is 25.7 Å². The number of methoxy groups -OCH3 is 1. The topological polar surface area (TPSA) is 125 Å². The van der Waals surface area contributed by atoms with Gasteiger partial charge in [0.15, 0.2) is 21.3 Å². The van der Waals surface area contributed by atoms with Gasteiger partial charge in [-0.25, -0.2) is 26.8 Å². The molecule has 0 radical (unpaired) electrons. The summed E-state index contributed by atoms with van der Waals surface area (Å²) < 4.78 is 70.5. The zero-order valence-corrected chi connectivity index (χ0v) is 22.5. The summed E-state index contributed by atoms with van der Waals surface area (Å²) in [6.07, 6.45) is 7.10. The number of ether oxygens (including phenoxy) is 3. The van der Waals surface area contributed by atoms with Gasteiger partial charge in [0, 0.05) is 31.0 Å². The minimum atomic E-state index is -3.36. The molecule has 2 saturated heterocycles. The van der Waals surface area contributed by atoms with Crippen LogP contribution in [-0.4, -0.2) is 66.9 Å². The lowest BCUT2D eigenvalue weighted by Crippen LogP contribution is -2.50. The molecule has 2 saturated carbocycles. The van der Waals surface area contributed by atoms with Crippen molar-refractivity contribution in [2.75, 3.05) is 7.11 Å². The van der Waals surface area contributed by atoms with Crippen LogP contribution >= 0.6 is 0 Å². The summed E-state index contributed by atoms with van der Waals surface area (Å²) in [4.78, 5) is 8.78. The summed E-state index contributed by atoms with van der Waals surface area (Å²) in [6.45, 7) is 1.80. The molecule has 6 rings (SSSR count). The van der Waals surface area contributed by atoms with Gasteiger partial charge in [0.1, 0.15) is 12.4 Å². The lowest BCUT2D eigenvalue weighted by Gasteiger charge is -2.37. The SMILES string of the molecule is COc1cc(S(=O)(=O)C2CC2)ccc1Oc1ncnc(OC2CC3CC[C@@H](C2)N3S(=O)(=O)C2CC2)c1C. The average molecular weight is 550 g/mol. The molecule has 2 aromatic rings. The molecular weight excluding hydrogens is 518 g/mol. The Kier molecular flexibility index (Phi) is 6.11. The maximum Gasteiger partial charge on any atom is 0.229 e. The summed E-state index contributed by atoms with van der Waals surface area (Å²) in [5, 5.41) is -0.513. The van der Waals surface area contributed by atoms with Gasteiger partial charge in [-0.05, 0) is 57.6 Å². The second kappa shape index (κ2) is 9.09. The highest BCUT2D eigenvalue weighted by Gasteiger charge is 2.52. The molecule has 10 nitrogen and oxygen atoms in total. The zero-order chi connectivity index (χ0) is 25.9. The van der Waals surface area contributed by atoms with Crippen molar-refractivity contribution in [1.29, 1.82) is 0 Å². The highest BCUT2D eigenvalue weighted by molar-refractivity contribution is 7.92. The van der Waals surface area contributed by atoms with E-state index in [4.69, 9.17) is 14.2 Å². The first kappa shape index (κ1) is 24.9. The first-order chi connectivity index (χ1) is 17.7. The van der Waals surface area contributed by atoms with E-state index in [1.807, 2.05) is 0 Å². The predicted octanol–water partition coefficient (Wildman–Crippen LogP) is 3.39. The molecule has 0 amide bonds. The van der Waals surface area contributed by atoms with Crippen LogP contribution in [-0.2, 0) is 19.9 Å². The van der Waals surface area contributed by atoms with Crippen molar-refractivity contribution in [1.82, 2.24) is 14.3 Å². The van der Waals surface area contributed by atoms with Crippen molar-refractivity contribution in [3.05, 3.63) is 30.1 Å². The van der Waals surface area contributed by atoms with Gasteiger partial charge in [-0.1, -0.05) is 0 Å². The summed E-state index contributed by atoms with van der Waals surface area (Å²) in [5.74, 6) is 1.29. The first-order valence-electron chi connectivity index (χ1n) is 12.8. The Morgan fingerprint density at radius 2 is 1.51 bits per heavy atom. The predicted molar refractivity (Wildman–Crippen MR) is 134 cm³/mol. The van der Waals surface area contributed by atoms with Crippen molar-refractivity contribution < 1.29 is 31.0 Å². The lowest BCUT2D eigenvalue weighted by molar-refractivity contribution is 0.0906. The monoisotopic (exact) mass is 549 g/mol. The number of benzene rings is 1. The van der Waals surface area contributed by atoms with Crippen LogP contribution in [0.15, 0.2) is 29.4 Å². The van der Waals surface area contributed by atoms with E-state index in [2.05, 4.69) is 9.97 Å². The Bertz CT molecular complexity index is 1410. The van der Waals surface area contributed by atoms with Gasteiger partial charge >= 0.3 is 0 Å². The van der Waals surface area contributed by atoms with E-state index in [0.29, 0.717) is 48.6 Å². The molecule has 37 heavy (non-hydrogen) atoms. The summed E-state index contributed by atoms with van der Waals surface area (Å²) in [6, 6.07) is 4.53. The van der Waals surface area contributed by atoms with Gasteiger partial charge in [-0.3, -0.25) is 0 Å². The highest BCUT2D eigenvalue weighted by atomic mass is 32.2. The van der Waals surface area contributed by atoms with Crippen molar-refractivity contribution in [3.63, 3.8) is 0 Å². The number of sulfonamides is 1. The number of piperidine rings is 1. The molecule has 1 aromatic carbocycles. The van der Waals surface area contributed by atoms with Crippen molar-refractivity contribution in [2.24, 2.45) is 0 Å². The third kappa shape index (κ3) is 4.57. The van der Waals surface area contributed by atoms with Gasteiger partial charge in [-0.2, -0.15) is 4.31 Å². The summed E-state index contributed by atoms with van der Waals surface area (Å²) >= 11 is 0. The third-order valence-electron chi connectivity index (χ3n) is 7.77. The number of rotatable bonds is 9. The summed E-state index contributed by atoms with van der Waals surface area (Å²) in [7, 11) is -5.11. The van der Waals surface area contributed by atoms with Crippen LogP contribution in [0.3, 0.4) is 0 Å². The number of hydrogen-bond donors (Lipinski definition) is 0. The van der Waals surface area contributed by atoms with Gasteiger partial charge in [0.25, 0.3) is 0 Å². The van der Waals surface area contributed by atoms with E-state index >= 15 is 0 Å². The molecule has 0 N–H and O–H groups in total. The average Bonchev–Trinajstić information content (AvgIpc) is 3.77. The van der Waals surface area contributed by atoms with Crippen molar-refractivity contribution in [3.8, 4) is 23.3 Å². The smallest absolute Gasteiger partial charge is 0.229 e. The Balaban J connectivity index is 1.18. The maximum atomic E-state index is 12.9. The molecule has 2 aliphatic carbocycles. The number of hydrogen-bond acceptors (Lipinski definition) is 9. The van der Waals surface area contributed by atoms with Gasteiger partial charge < -0.3 is 14.2 Å². The van der Waals surface area contributed by atoms with Crippen LogP contribution in [0.2, 0.25) is 0 Å². The Morgan fingerprint density at radius 3 is 2.14 bits per heavy atom. The summed E-state index contributed by atoms with van der Waals surface area (Å²) in [5.41, 5.74) is 0.597. The molecule has 12 heteroatoms. The van der Waals surface area contributed by atoms with Crippen LogP contribution in [0, 0.1) is 6.92 Å². The van der Waals surface area contributed by atoms with E-state index in [1.165, 1.54) is 25.6 Å². The Hall–Kier alpha value is -2.44. The van der Waals surface area contributed by atoms with E-state index in [-0.39, 0.29) is 39.5 Å². The molecule has 2 unspecified atom stereocenters. The number of sulfone groups is 1. The normalized spacial score (nSPS) is 26.2. The van der Waals surface area contributed by atoms with Gasteiger partial charge in [-0.15, -0.1) is 0 Å². The van der Waals surface area contributed by atoms with Crippen molar-refractivity contribution in [2.45, 2.75) is 91.9 Å². The molecule has 200 valence electrons. The van der Waals surface area contributed by atoms with Crippen LogP contribution in [0.1, 0.15) is 56.9 Å². The van der Waals surface area contributed by atoms with E-state index in [1.54, 1.807) is 17.3 Å². The molecule has 0 spiro atoms. The molecule has 2 aliphatic heterocycles. The van der Waals surface area contributed by atoms with Crippen LogP contribution in [0.25, 0.3) is 0 Å². The lowest BCUT2D eigenvalue weighted by atomic mass is 10.0. The molecule has 4 aliphatic rings. The number of nitrogens with zero attached hydrogens (tertiary/aromatic N) is 3. The largest absolute Gasteiger partial charge is 0.493 e. The molecule has 1 aromatic heterocycles. The highest BCUT2D eigenvalue weighted by Crippen LogP contribution is 2.44. The van der Waals surface area contributed by atoms with Crippen LogP contribution < -0.4 is 14.2 Å². The minimum Gasteiger partial charge on any atom is -0.493 e. The number of aromatic nitrogens is 2. The Morgan fingerprint density at radius 1 is 0.865 bits per heavy atom. The fourth-order valence-electron chi connectivity index (χ4n) is 5.52. The van der Waals surface area contributed by atoms with Crippen LogP contribution in [0.5, 0.6) is 23.3 Å². The van der Waals surface area contributed by atoms with Crippen molar-refractivity contribution >= 4 is 19.9 Å².